The predicted molar refractivity (Wildman–Crippen MR) is 50.4 cm³/mol. The lowest BCUT2D eigenvalue weighted by molar-refractivity contribution is -0.142. The smallest absolute Gasteiger partial charge is 0.308 e. The van der Waals surface area contributed by atoms with Crippen molar-refractivity contribution in [2.75, 3.05) is 0 Å². The summed E-state index contributed by atoms with van der Waals surface area (Å²) in [6, 6.07) is -0.344. The first-order valence-electron chi connectivity index (χ1n) is 4.95. The Morgan fingerprint density at radius 2 is 2.25 bits per heavy atom. The third-order valence-corrected chi connectivity index (χ3v) is 2.70. The monoisotopic (exact) mass is 225 g/mol. The van der Waals surface area contributed by atoms with Gasteiger partial charge in [0.25, 0.3) is 11.7 Å². The topological polar surface area (TPSA) is 121 Å². The Morgan fingerprint density at radius 3 is 2.88 bits per heavy atom. The van der Waals surface area contributed by atoms with Crippen LogP contribution in [0.5, 0.6) is 0 Å². The van der Waals surface area contributed by atoms with Crippen LogP contribution in [-0.2, 0) is 4.79 Å². The third-order valence-electron chi connectivity index (χ3n) is 2.70. The van der Waals surface area contributed by atoms with Gasteiger partial charge in [-0.05, 0) is 18.1 Å². The first kappa shape index (κ1) is 10.5. The van der Waals surface area contributed by atoms with E-state index in [0.717, 1.165) is 6.42 Å². The van der Waals surface area contributed by atoms with E-state index in [1.807, 2.05) is 0 Å². The molecule has 0 aliphatic heterocycles. The SMILES string of the molecule is O=C(N[C@@H]1CCC[C@H]1C(=O)O)c1nn[nH]n1. The van der Waals surface area contributed by atoms with Gasteiger partial charge in [0.15, 0.2) is 0 Å². The molecule has 0 radical (unpaired) electrons. The van der Waals surface area contributed by atoms with Crippen molar-refractivity contribution < 1.29 is 14.7 Å². The van der Waals surface area contributed by atoms with Crippen LogP contribution in [0.1, 0.15) is 29.9 Å². The largest absolute Gasteiger partial charge is 0.481 e. The molecule has 1 aliphatic rings. The number of nitrogens with one attached hydrogen (secondary N) is 2. The average molecular weight is 225 g/mol. The normalized spacial score (nSPS) is 24.2. The third kappa shape index (κ3) is 2.00. The van der Waals surface area contributed by atoms with Gasteiger partial charge in [0.05, 0.1) is 5.92 Å². The molecule has 8 heteroatoms. The first-order valence-corrected chi connectivity index (χ1v) is 4.95. The van der Waals surface area contributed by atoms with Gasteiger partial charge < -0.3 is 10.4 Å². The van der Waals surface area contributed by atoms with E-state index in [2.05, 4.69) is 25.9 Å². The predicted octanol–water partition coefficient (Wildman–Crippen LogP) is -0.817. The fourth-order valence-corrected chi connectivity index (χ4v) is 1.92. The summed E-state index contributed by atoms with van der Waals surface area (Å²) in [5.41, 5.74) is 0. The van der Waals surface area contributed by atoms with Crippen LogP contribution in [-0.4, -0.2) is 43.6 Å². The summed E-state index contributed by atoms with van der Waals surface area (Å²) in [6.45, 7) is 0. The summed E-state index contributed by atoms with van der Waals surface area (Å²) in [5.74, 6) is -1.96. The molecule has 1 saturated carbocycles. The number of nitrogens with zero attached hydrogens (tertiary/aromatic N) is 3. The van der Waals surface area contributed by atoms with Crippen molar-refractivity contribution in [3.63, 3.8) is 0 Å². The Hall–Kier alpha value is -1.99. The highest BCUT2D eigenvalue weighted by atomic mass is 16.4. The Labute approximate surface area is 90.4 Å². The molecule has 0 saturated heterocycles. The van der Waals surface area contributed by atoms with Gasteiger partial charge in [-0.3, -0.25) is 9.59 Å². The Kier molecular flexibility index (Phi) is 2.80. The number of aromatic nitrogens is 4. The zero-order chi connectivity index (χ0) is 11.5. The van der Waals surface area contributed by atoms with Gasteiger partial charge in [-0.25, -0.2) is 0 Å². The number of hydrogen-bond donors (Lipinski definition) is 3. The summed E-state index contributed by atoms with van der Waals surface area (Å²) in [6.07, 6.45) is 2.06. The highest BCUT2D eigenvalue weighted by molar-refractivity contribution is 5.90. The van der Waals surface area contributed by atoms with E-state index >= 15 is 0 Å². The minimum Gasteiger partial charge on any atom is -0.481 e. The Morgan fingerprint density at radius 1 is 1.44 bits per heavy atom. The fraction of sp³-hybridized carbons (Fsp3) is 0.625. The van der Waals surface area contributed by atoms with Crippen LogP contribution in [0, 0.1) is 5.92 Å². The van der Waals surface area contributed by atoms with E-state index in [1.54, 1.807) is 0 Å². The number of aliphatic carboxylic acids is 1. The van der Waals surface area contributed by atoms with Crippen LogP contribution in [0.25, 0.3) is 0 Å². The van der Waals surface area contributed by atoms with Crippen LogP contribution in [0.3, 0.4) is 0 Å². The van der Waals surface area contributed by atoms with E-state index in [-0.39, 0.29) is 11.9 Å². The van der Waals surface area contributed by atoms with Crippen molar-refractivity contribution in [2.24, 2.45) is 5.92 Å². The number of hydrogen-bond acceptors (Lipinski definition) is 5. The molecule has 2 rings (SSSR count). The van der Waals surface area contributed by atoms with Gasteiger partial charge >= 0.3 is 5.97 Å². The van der Waals surface area contributed by atoms with Gasteiger partial charge in [0.2, 0.25) is 0 Å². The lowest BCUT2D eigenvalue weighted by Gasteiger charge is -2.16. The molecule has 2 atom stereocenters. The molecular weight excluding hydrogens is 214 g/mol. The molecule has 1 aliphatic carbocycles. The summed E-state index contributed by atoms with van der Waals surface area (Å²) < 4.78 is 0. The van der Waals surface area contributed by atoms with E-state index < -0.39 is 17.8 Å². The molecule has 86 valence electrons. The molecule has 0 aromatic carbocycles. The number of H-pyrrole nitrogens is 1. The standard InChI is InChI=1S/C8H11N5O3/c14-7(6-10-12-13-11-6)9-5-3-1-2-4(5)8(15)16/h4-5H,1-3H2,(H,9,14)(H,15,16)(H,10,11,12,13)/t4-,5-/m1/s1. The maximum absolute atomic E-state index is 11.5. The van der Waals surface area contributed by atoms with Crippen molar-refractivity contribution in [2.45, 2.75) is 25.3 Å². The van der Waals surface area contributed by atoms with Crippen LogP contribution in [0.2, 0.25) is 0 Å². The molecule has 1 aromatic heterocycles. The minimum atomic E-state index is -0.879. The average Bonchev–Trinajstić information content (AvgIpc) is 2.86. The van der Waals surface area contributed by atoms with Crippen LogP contribution in [0.15, 0.2) is 0 Å². The molecule has 3 N–H and O–H groups in total. The van der Waals surface area contributed by atoms with Crippen LogP contribution in [0.4, 0.5) is 0 Å². The highest BCUT2D eigenvalue weighted by Gasteiger charge is 2.34. The lowest BCUT2D eigenvalue weighted by atomic mass is 10.0. The summed E-state index contributed by atoms with van der Waals surface area (Å²) in [7, 11) is 0. The second-order valence-electron chi connectivity index (χ2n) is 3.69. The van der Waals surface area contributed by atoms with Crippen molar-refractivity contribution in [3.05, 3.63) is 5.82 Å². The highest BCUT2D eigenvalue weighted by Crippen LogP contribution is 2.25. The van der Waals surface area contributed by atoms with Gasteiger partial charge in [0, 0.05) is 6.04 Å². The molecule has 1 aromatic rings. The van der Waals surface area contributed by atoms with E-state index in [9.17, 15) is 9.59 Å². The Bertz CT molecular complexity index is 390. The molecule has 1 fully saturated rings. The fourth-order valence-electron chi connectivity index (χ4n) is 1.92. The van der Waals surface area contributed by atoms with E-state index in [4.69, 9.17) is 5.11 Å². The van der Waals surface area contributed by atoms with Crippen molar-refractivity contribution in [1.29, 1.82) is 0 Å². The second kappa shape index (κ2) is 4.25. The van der Waals surface area contributed by atoms with Gasteiger partial charge in [0.1, 0.15) is 0 Å². The summed E-state index contributed by atoms with van der Waals surface area (Å²) in [5, 5.41) is 24.0. The molecular formula is C8H11N5O3. The summed E-state index contributed by atoms with van der Waals surface area (Å²) >= 11 is 0. The van der Waals surface area contributed by atoms with Crippen LogP contribution < -0.4 is 5.32 Å². The van der Waals surface area contributed by atoms with Gasteiger partial charge in [-0.15, -0.1) is 10.2 Å². The molecule has 0 bridgehead atoms. The van der Waals surface area contributed by atoms with Crippen molar-refractivity contribution in [3.8, 4) is 0 Å². The first-order chi connectivity index (χ1) is 7.68. The number of amides is 1. The van der Waals surface area contributed by atoms with E-state index in [1.165, 1.54) is 0 Å². The molecule has 0 unspecified atom stereocenters. The molecule has 1 heterocycles. The van der Waals surface area contributed by atoms with E-state index in [0.29, 0.717) is 12.8 Å². The minimum absolute atomic E-state index is 0.0731. The number of aromatic amines is 1. The summed E-state index contributed by atoms with van der Waals surface area (Å²) in [4.78, 5) is 22.4. The number of carbonyl (C=O) groups excluding carboxylic acids is 1. The zero-order valence-electron chi connectivity index (χ0n) is 8.38. The zero-order valence-corrected chi connectivity index (χ0v) is 8.38. The molecule has 1 amide bonds. The number of rotatable bonds is 3. The van der Waals surface area contributed by atoms with Crippen LogP contribution >= 0.6 is 0 Å². The lowest BCUT2D eigenvalue weighted by Crippen LogP contribution is -2.40. The number of carbonyl (C=O) groups is 2. The van der Waals surface area contributed by atoms with Crippen molar-refractivity contribution >= 4 is 11.9 Å². The molecule has 8 nitrogen and oxygen atoms in total. The molecule has 16 heavy (non-hydrogen) atoms. The number of tetrazole rings is 1. The van der Waals surface area contributed by atoms with Crippen molar-refractivity contribution in [1.82, 2.24) is 25.9 Å². The number of carboxylic acids is 1. The maximum Gasteiger partial charge on any atom is 0.308 e. The second-order valence-corrected chi connectivity index (χ2v) is 3.69. The Balaban J connectivity index is 1.99. The number of carboxylic acid groups (broad SMARTS) is 1. The molecule has 0 spiro atoms. The van der Waals surface area contributed by atoms with Gasteiger partial charge in [-0.2, -0.15) is 5.21 Å². The quantitative estimate of drug-likeness (QED) is 0.618. The maximum atomic E-state index is 11.5. The van der Waals surface area contributed by atoms with Gasteiger partial charge in [-0.1, -0.05) is 6.42 Å².